The van der Waals surface area contributed by atoms with E-state index in [9.17, 15) is 18.0 Å². The molecule has 0 aromatic heterocycles. The molecule has 110 valence electrons. The Hall–Kier alpha value is -2.70. The van der Waals surface area contributed by atoms with Crippen LogP contribution in [-0.4, -0.2) is 6.03 Å². The van der Waals surface area contributed by atoms with Gasteiger partial charge < -0.3 is 15.8 Å². The molecule has 0 aliphatic rings. The number of alkyl halides is 3. The van der Waals surface area contributed by atoms with Gasteiger partial charge in [-0.25, -0.2) is 4.79 Å². The van der Waals surface area contributed by atoms with Crippen LogP contribution in [0.1, 0.15) is 5.56 Å². The zero-order valence-corrected chi connectivity index (χ0v) is 10.6. The van der Waals surface area contributed by atoms with Gasteiger partial charge in [-0.3, -0.25) is 0 Å². The van der Waals surface area contributed by atoms with Crippen LogP contribution < -0.4 is 15.8 Å². The van der Waals surface area contributed by atoms with Crippen LogP contribution in [0.2, 0.25) is 0 Å². The number of nitrogens with one attached hydrogen (secondary N) is 1. The summed E-state index contributed by atoms with van der Waals surface area (Å²) in [6.45, 7) is 0. The Kier molecular flexibility index (Phi) is 4.02. The number of carbonyl (C=O) groups is 1. The summed E-state index contributed by atoms with van der Waals surface area (Å²) in [4.78, 5) is 10.7. The first-order chi connectivity index (χ1) is 9.86. The molecule has 21 heavy (non-hydrogen) atoms. The number of halogens is 3. The molecule has 0 atom stereocenters. The van der Waals surface area contributed by atoms with Crippen molar-refractivity contribution in [2.45, 2.75) is 6.18 Å². The van der Waals surface area contributed by atoms with E-state index in [0.717, 1.165) is 6.07 Å². The normalized spacial score (nSPS) is 11.0. The lowest BCUT2D eigenvalue weighted by Gasteiger charge is -2.13. The van der Waals surface area contributed by atoms with Gasteiger partial charge in [-0.2, -0.15) is 13.2 Å². The lowest BCUT2D eigenvalue weighted by Crippen LogP contribution is -2.19. The number of amides is 2. The maximum atomic E-state index is 12.8. The SMILES string of the molecule is NC(=O)Nc1ccc(Oc2ccccc2C(F)(F)F)cc1. The van der Waals surface area contributed by atoms with Crippen molar-refractivity contribution in [1.82, 2.24) is 0 Å². The van der Waals surface area contributed by atoms with Gasteiger partial charge in [0.25, 0.3) is 0 Å². The minimum Gasteiger partial charge on any atom is -0.457 e. The number of urea groups is 1. The van der Waals surface area contributed by atoms with Gasteiger partial charge in [-0.15, -0.1) is 0 Å². The van der Waals surface area contributed by atoms with E-state index < -0.39 is 17.8 Å². The van der Waals surface area contributed by atoms with Crippen molar-refractivity contribution in [3.8, 4) is 11.5 Å². The van der Waals surface area contributed by atoms with E-state index >= 15 is 0 Å². The number of anilines is 1. The van der Waals surface area contributed by atoms with Gasteiger partial charge in [0.2, 0.25) is 0 Å². The van der Waals surface area contributed by atoms with Crippen LogP contribution in [0.4, 0.5) is 23.7 Å². The Morgan fingerprint density at radius 1 is 1.05 bits per heavy atom. The van der Waals surface area contributed by atoms with E-state index in [-0.39, 0.29) is 11.5 Å². The van der Waals surface area contributed by atoms with Crippen LogP contribution in [0.5, 0.6) is 11.5 Å². The molecule has 0 aliphatic carbocycles. The monoisotopic (exact) mass is 296 g/mol. The van der Waals surface area contributed by atoms with Crippen LogP contribution in [0.25, 0.3) is 0 Å². The van der Waals surface area contributed by atoms with Crippen LogP contribution in [0.3, 0.4) is 0 Å². The second-order valence-corrected chi connectivity index (χ2v) is 4.11. The average molecular weight is 296 g/mol. The van der Waals surface area contributed by atoms with Crippen LogP contribution in [-0.2, 0) is 6.18 Å². The number of hydrogen-bond donors (Lipinski definition) is 2. The Morgan fingerprint density at radius 2 is 1.67 bits per heavy atom. The molecule has 0 unspecified atom stereocenters. The van der Waals surface area contributed by atoms with E-state index in [0.29, 0.717) is 5.69 Å². The van der Waals surface area contributed by atoms with Gasteiger partial charge in [0.05, 0.1) is 5.56 Å². The number of nitrogens with two attached hydrogens (primary N) is 1. The van der Waals surface area contributed by atoms with E-state index in [1.165, 1.54) is 42.5 Å². The molecule has 0 radical (unpaired) electrons. The third kappa shape index (κ3) is 3.88. The lowest BCUT2D eigenvalue weighted by molar-refractivity contribution is -0.138. The van der Waals surface area contributed by atoms with Crippen LogP contribution in [0.15, 0.2) is 48.5 Å². The van der Waals surface area contributed by atoms with Crippen molar-refractivity contribution < 1.29 is 22.7 Å². The standard InChI is InChI=1S/C14H11F3N2O2/c15-14(16,17)11-3-1-2-4-12(11)21-10-7-5-9(6-8-10)19-13(18)20/h1-8H,(H3,18,19,20). The molecule has 2 amide bonds. The molecule has 0 heterocycles. The highest BCUT2D eigenvalue weighted by molar-refractivity contribution is 5.87. The topological polar surface area (TPSA) is 64.4 Å². The molecule has 0 aliphatic heterocycles. The van der Waals surface area contributed by atoms with Gasteiger partial charge in [0.15, 0.2) is 0 Å². The van der Waals surface area contributed by atoms with Crippen LogP contribution >= 0.6 is 0 Å². The molecular formula is C14H11F3N2O2. The van der Waals surface area contributed by atoms with Crippen molar-refractivity contribution in [2.24, 2.45) is 5.73 Å². The second kappa shape index (κ2) is 5.74. The highest BCUT2D eigenvalue weighted by atomic mass is 19.4. The Balaban J connectivity index is 2.21. The summed E-state index contributed by atoms with van der Waals surface area (Å²) in [5, 5.41) is 2.33. The summed E-state index contributed by atoms with van der Waals surface area (Å²) < 4.78 is 43.7. The number of benzene rings is 2. The van der Waals surface area contributed by atoms with Gasteiger partial charge >= 0.3 is 12.2 Å². The first kappa shape index (κ1) is 14.7. The van der Waals surface area contributed by atoms with Gasteiger partial charge in [0.1, 0.15) is 11.5 Å². The first-order valence-electron chi connectivity index (χ1n) is 5.87. The first-order valence-corrected chi connectivity index (χ1v) is 5.87. The lowest BCUT2D eigenvalue weighted by atomic mass is 10.2. The number of ether oxygens (including phenoxy) is 1. The van der Waals surface area contributed by atoms with Gasteiger partial charge in [0, 0.05) is 5.69 Å². The number of hydrogen-bond acceptors (Lipinski definition) is 2. The summed E-state index contributed by atoms with van der Waals surface area (Å²) in [6, 6.07) is 9.98. The predicted molar refractivity (Wildman–Crippen MR) is 71.2 cm³/mol. The Morgan fingerprint density at radius 3 is 2.24 bits per heavy atom. The quantitative estimate of drug-likeness (QED) is 0.899. The maximum absolute atomic E-state index is 12.8. The van der Waals surface area contributed by atoms with E-state index in [1.54, 1.807) is 0 Å². The highest BCUT2D eigenvalue weighted by Crippen LogP contribution is 2.37. The third-order valence-corrected chi connectivity index (χ3v) is 2.54. The summed E-state index contributed by atoms with van der Waals surface area (Å²) in [6.07, 6.45) is -4.50. The third-order valence-electron chi connectivity index (χ3n) is 2.54. The van der Waals surface area contributed by atoms with Crippen molar-refractivity contribution in [3.63, 3.8) is 0 Å². The fourth-order valence-electron chi connectivity index (χ4n) is 1.67. The van der Waals surface area contributed by atoms with E-state index in [2.05, 4.69) is 5.32 Å². The number of carbonyl (C=O) groups excluding carboxylic acids is 1. The molecule has 0 fully saturated rings. The average Bonchev–Trinajstić information content (AvgIpc) is 2.40. The molecule has 4 nitrogen and oxygen atoms in total. The van der Waals surface area contributed by atoms with Crippen molar-refractivity contribution >= 4 is 11.7 Å². The highest BCUT2D eigenvalue weighted by Gasteiger charge is 2.34. The summed E-state index contributed by atoms with van der Waals surface area (Å²) in [7, 11) is 0. The molecule has 0 saturated heterocycles. The minimum absolute atomic E-state index is 0.210. The molecule has 2 aromatic carbocycles. The minimum atomic E-state index is -4.50. The van der Waals surface area contributed by atoms with E-state index in [4.69, 9.17) is 10.5 Å². The van der Waals surface area contributed by atoms with Crippen molar-refractivity contribution in [1.29, 1.82) is 0 Å². The van der Waals surface area contributed by atoms with Crippen LogP contribution in [0, 0.1) is 0 Å². The predicted octanol–water partition coefficient (Wildman–Crippen LogP) is 3.99. The molecule has 2 rings (SSSR count). The summed E-state index contributed by atoms with van der Waals surface area (Å²) in [5.74, 6) is -0.0812. The zero-order valence-electron chi connectivity index (χ0n) is 10.6. The molecule has 0 bridgehead atoms. The molecule has 7 heteroatoms. The maximum Gasteiger partial charge on any atom is 0.419 e. The van der Waals surface area contributed by atoms with Crippen molar-refractivity contribution in [2.75, 3.05) is 5.32 Å². The van der Waals surface area contributed by atoms with Gasteiger partial charge in [-0.1, -0.05) is 12.1 Å². The largest absolute Gasteiger partial charge is 0.457 e. The summed E-state index contributed by atoms with van der Waals surface area (Å²) in [5.41, 5.74) is 4.51. The molecular weight excluding hydrogens is 285 g/mol. The molecule has 0 saturated carbocycles. The number of primary amides is 1. The fourth-order valence-corrected chi connectivity index (χ4v) is 1.67. The number of rotatable bonds is 3. The van der Waals surface area contributed by atoms with Gasteiger partial charge in [-0.05, 0) is 36.4 Å². The number of para-hydroxylation sites is 1. The summed E-state index contributed by atoms with van der Waals surface area (Å²) >= 11 is 0. The molecule has 3 N–H and O–H groups in total. The fraction of sp³-hybridized carbons (Fsp3) is 0.0714. The van der Waals surface area contributed by atoms with E-state index in [1.807, 2.05) is 0 Å². The smallest absolute Gasteiger partial charge is 0.419 e. The molecule has 0 spiro atoms. The zero-order chi connectivity index (χ0) is 15.5. The molecule has 2 aromatic rings. The van der Waals surface area contributed by atoms with Crippen molar-refractivity contribution in [3.05, 3.63) is 54.1 Å². The second-order valence-electron chi connectivity index (χ2n) is 4.11. The Bertz CT molecular complexity index is 639. The Labute approximate surface area is 118 Å².